The summed E-state index contributed by atoms with van der Waals surface area (Å²) in [5.74, 6) is -1.07. The van der Waals surface area contributed by atoms with E-state index in [0.29, 0.717) is 5.02 Å². The smallest absolute Gasteiger partial charge is 0.226 e. The van der Waals surface area contributed by atoms with Crippen LogP contribution in [-0.4, -0.2) is 13.5 Å². The van der Waals surface area contributed by atoms with Crippen LogP contribution in [0.5, 0.6) is 5.75 Å². The van der Waals surface area contributed by atoms with Gasteiger partial charge in [-0.15, -0.1) is 0 Å². The fraction of sp³-hybridized carbons (Fsp3) is 0.0833. The first-order valence-corrected chi connectivity index (χ1v) is 7.20. The lowest BCUT2D eigenvalue weighted by atomic mass is 10.4. The molecule has 0 saturated carbocycles. The van der Waals surface area contributed by atoms with Crippen LogP contribution >= 0.6 is 11.6 Å². The van der Waals surface area contributed by atoms with E-state index in [1.54, 1.807) is 0 Å². The normalized spacial score (nSPS) is 11.4. The number of hydrogen-bond donors (Lipinski definition) is 1. The molecule has 0 amide bonds. The van der Waals surface area contributed by atoms with Crippen molar-refractivity contribution < 1.29 is 17.9 Å². The molecule has 1 N–H and O–H groups in total. The Kier molecular flexibility index (Phi) is 3.64. The highest BCUT2D eigenvalue weighted by Crippen LogP contribution is 2.18. The molecule has 19 heavy (non-hydrogen) atoms. The van der Waals surface area contributed by atoms with Gasteiger partial charge in [0.05, 0.1) is 4.90 Å². The Balaban J connectivity index is 2.33. The van der Waals surface area contributed by atoms with Gasteiger partial charge in [0.25, 0.3) is 0 Å². The lowest BCUT2D eigenvalue weighted by molar-refractivity contribution is 0.417. The molecule has 1 heterocycles. The topological polar surface area (TPSA) is 84.6 Å². The zero-order valence-corrected chi connectivity index (χ0v) is 11.1. The highest BCUT2D eigenvalue weighted by atomic mass is 35.5. The highest BCUT2D eigenvalue weighted by Gasteiger charge is 2.17. The van der Waals surface area contributed by atoms with Crippen molar-refractivity contribution in [2.45, 2.75) is 10.6 Å². The van der Waals surface area contributed by atoms with Gasteiger partial charge >= 0.3 is 0 Å². The zero-order chi connectivity index (χ0) is 14.0. The summed E-state index contributed by atoms with van der Waals surface area (Å²) in [5, 5.41) is 9.45. The summed E-state index contributed by atoms with van der Waals surface area (Å²) in [6, 6.07) is 6.61. The average Bonchev–Trinajstić information content (AvgIpc) is 2.34. The Labute approximate surface area is 114 Å². The van der Waals surface area contributed by atoms with Crippen LogP contribution < -0.4 is 5.43 Å². The molecule has 0 saturated heterocycles. The van der Waals surface area contributed by atoms with Gasteiger partial charge in [0.1, 0.15) is 17.8 Å². The highest BCUT2D eigenvalue weighted by molar-refractivity contribution is 7.90. The molecule has 0 atom stereocenters. The van der Waals surface area contributed by atoms with Gasteiger partial charge in [-0.1, -0.05) is 11.6 Å². The Morgan fingerprint density at radius 3 is 2.42 bits per heavy atom. The molecule has 0 bridgehead atoms. The molecular formula is C12H9ClO5S. The number of aromatic hydroxyl groups is 1. The van der Waals surface area contributed by atoms with Gasteiger partial charge in [-0.25, -0.2) is 8.42 Å². The molecule has 0 aliphatic heterocycles. The number of benzene rings is 1. The summed E-state index contributed by atoms with van der Waals surface area (Å²) in [7, 11) is -3.63. The van der Waals surface area contributed by atoms with Gasteiger partial charge < -0.3 is 9.52 Å². The van der Waals surface area contributed by atoms with Crippen LogP contribution in [0.15, 0.2) is 50.7 Å². The van der Waals surface area contributed by atoms with E-state index in [1.165, 1.54) is 24.3 Å². The Morgan fingerprint density at radius 1 is 1.21 bits per heavy atom. The van der Waals surface area contributed by atoms with Crippen molar-refractivity contribution >= 4 is 21.4 Å². The fourth-order valence-electron chi connectivity index (χ4n) is 1.43. The first-order chi connectivity index (χ1) is 8.88. The average molecular weight is 301 g/mol. The largest absolute Gasteiger partial charge is 0.502 e. The number of sulfone groups is 1. The van der Waals surface area contributed by atoms with Crippen molar-refractivity contribution in [3.8, 4) is 5.75 Å². The molecular weight excluding hydrogens is 292 g/mol. The van der Waals surface area contributed by atoms with Crippen molar-refractivity contribution in [1.82, 2.24) is 0 Å². The van der Waals surface area contributed by atoms with E-state index in [9.17, 15) is 13.2 Å². The summed E-state index contributed by atoms with van der Waals surface area (Å²) in [6.07, 6.45) is 0.815. The molecule has 1 aromatic heterocycles. The summed E-state index contributed by atoms with van der Waals surface area (Å²) < 4.78 is 28.9. The quantitative estimate of drug-likeness (QED) is 0.937. The summed E-state index contributed by atoms with van der Waals surface area (Å²) in [4.78, 5) is 11.3. The minimum absolute atomic E-state index is 0.0437. The molecule has 2 rings (SSSR count). The van der Waals surface area contributed by atoms with E-state index in [1.807, 2.05) is 0 Å². The number of halogens is 1. The van der Waals surface area contributed by atoms with E-state index >= 15 is 0 Å². The lowest BCUT2D eigenvalue weighted by Crippen LogP contribution is -2.07. The molecule has 1 aromatic carbocycles. The fourth-order valence-corrected chi connectivity index (χ4v) is 2.80. The van der Waals surface area contributed by atoms with Gasteiger partial charge in [-0.05, 0) is 24.3 Å². The van der Waals surface area contributed by atoms with Gasteiger partial charge in [0, 0.05) is 11.1 Å². The van der Waals surface area contributed by atoms with E-state index in [-0.39, 0.29) is 10.7 Å². The minimum Gasteiger partial charge on any atom is -0.502 e. The summed E-state index contributed by atoms with van der Waals surface area (Å²) in [6.45, 7) is 0. The van der Waals surface area contributed by atoms with E-state index < -0.39 is 26.8 Å². The van der Waals surface area contributed by atoms with Crippen molar-refractivity contribution in [2.24, 2.45) is 0 Å². The standard InChI is InChI=1S/C12H9ClO5S/c13-8-1-3-10(4-2-8)19(16,17)7-9-5-11(14)12(15)6-18-9/h1-6,15H,7H2. The van der Waals surface area contributed by atoms with E-state index in [0.717, 1.165) is 12.3 Å². The van der Waals surface area contributed by atoms with Crippen LogP contribution in [0.1, 0.15) is 5.76 Å². The summed E-state index contributed by atoms with van der Waals surface area (Å²) in [5.41, 5.74) is -0.687. The van der Waals surface area contributed by atoms with Gasteiger partial charge in [-0.2, -0.15) is 0 Å². The molecule has 5 nitrogen and oxygen atoms in total. The molecule has 0 unspecified atom stereocenters. The second-order valence-electron chi connectivity index (χ2n) is 3.81. The van der Waals surface area contributed by atoms with Crippen LogP contribution in [0, 0.1) is 0 Å². The monoisotopic (exact) mass is 300 g/mol. The summed E-state index contributed by atoms with van der Waals surface area (Å²) >= 11 is 5.68. The Morgan fingerprint density at radius 2 is 1.84 bits per heavy atom. The predicted octanol–water partition coefficient (Wildman–Crippen LogP) is 1.97. The molecule has 0 aliphatic rings. The van der Waals surface area contributed by atoms with Gasteiger partial charge in [0.2, 0.25) is 5.43 Å². The maximum atomic E-state index is 12.0. The molecule has 0 radical (unpaired) electrons. The SMILES string of the molecule is O=c1cc(CS(=O)(=O)c2ccc(Cl)cc2)occ1O. The van der Waals surface area contributed by atoms with E-state index in [4.69, 9.17) is 21.1 Å². The maximum absolute atomic E-state index is 12.0. The van der Waals surface area contributed by atoms with Crippen molar-refractivity contribution in [3.05, 3.63) is 57.6 Å². The molecule has 0 fully saturated rings. The van der Waals surface area contributed by atoms with Gasteiger partial charge in [0.15, 0.2) is 15.6 Å². The first-order valence-electron chi connectivity index (χ1n) is 5.17. The Bertz CT molecular complexity index is 746. The van der Waals surface area contributed by atoms with Crippen LogP contribution in [0.4, 0.5) is 0 Å². The van der Waals surface area contributed by atoms with Crippen molar-refractivity contribution in [3.63, 3.8) is 0 Å². The third kappa shape index (κ3) is 3.15. The number of rotatable bonds is 3. The molecule has 100 valence electrons. The minimum atomic E-state index is -3.63. The second-order valence-corrected chi connectivity index (χ2v) is 6.23. The Hall–Kier alpha value is -1.79. The number of hydrogen-bond acceptors (Lipinski definition) is 5. The van der Waals surface area contributed by atoms with E-state index in [2.05, 4.69) is 0 Å². The second kappa shape index (κ2) is 5.07. The third-order valence-electron chi connectivity index (χ3n) is 2.37. The van der Waals surface area contributed by atoms with Crippen LogP contribution in [-0.2, 0) is 15.6 Å². The lowest BCUT2D eigenvalue weighted by Gasteiger charge is -2.04. The van der Waals surface area contributed by atoms with Gasteiger partial charge in [-0.3, -0.25) is 4.79 Å². The molecule has 2 aromatic rings. The van der Waals surface area contributed by atoms with Crippen LogP contribution in [0.3, 0.4) is 0 Å². The molecule has 7 heteroatoms. The van der Waals surface area contributed by atoms with Crippen LogP contribution in [0.25, 0.3) is 0 Å². The van der Waals surface area contributed by atoms with Crippen molar-refractivity contribution in [2.75, 3.05) is 0 Å². The van der Waals surface area contributed by atoms with Crippen LogP contribution in [0.2, 0.25) is 5.02 Å². The third-order valence-corrected chi connectivity index (χ3v) is 4.28. The maximum Gasteiger partial charge on any atom is 0.226 e. The zero-order valence-electron chi connectivity index (χ0n) is 9.54. The molecule has 0 spiro atoms. The predicted molar refractivity (Wildman–Crippen MR) is 69.0 cm³/mol. The van der Waals surface area contributed by atoms with Crippen molar-refractivity contribution in [1.29, 1.82) is 0 Å². The first kappa shape index (κ1) is 13.6. The molecule has 0 aliphatic carbocycles.